The topological polar surface area (TPSA) is 73.8 Å². The molecule has 2 unspecified atom stereocenters. The van der Waals surface area contributed by atoms with Gasteiger partial charge >= 0.3 is 6.01 Å². The standard InChI is InChI=1S/C34H31F2N3O4/c1-3-22-5-4-6-23-12-24(43-19-41-2)13-25(28(22)23)29-27(35)14-26-31(30(29)36)37-33(42-18-34(17-40)9-10-34)38-32(26)39-15-20-7-8-21(11-20)16-39/h1,4-6,12-14,17,20-21H,7-11,15-16,18-19H2,2H3. The second-order valence-electron chi connectivity index (χ2n) is 12.1. The van der Waals surface area contributed by atoms with Gasteiger partial charge in [0.25, 0.3) is 0 Å². The predicted octanol–water partition coefficient (Wildman–Crippen LogP) is 6.29. The molecule has 1 aromatic heterocycles. The summed E-state index contributed by atoms with van der Waals surface area (Å²) in [4.78, 5) is 22.9. The fourth-order valence-corrected chi connectivity index (χ4v) is 6.69. The first-order valence-electron chi connectivity index (χ1n) is 14.6. The van der Waals surface area contributed by atoms with Crippen LogP contribution in [-0.4, -0.2) is 49.9 Å². The number of piperidine rings is 1. The van der Waals surface area contributed by atoms with Crippen molar-refractivity contribution in [3.63, 3.8) is 0 Å². The van der Waals surface area contributed by atoms with E-state index in [1.54, 1.807) is 24.3 Å². The Balaban J connectivity index is 1.43. The van der Waals surface area contributed by atoms with E-state index < -0.39 is 17.0 Å². The van der Waals surface area contributed by atoms with Crippen molar-refractivity contribution >= 4 is 33.8 Å². The lowest BCUT2D eigenvalue weighted by atomic mass is 9.92. The second kappa shape index (κ2) is 10.8. The summed E-state index contributed by atoms with van der Waals surface area (Å²) in [6.45, 7) is 1.57. The van der Waals surface area contributed by atoms with Crippen LogP contribution in [0, 0.1) is 41.2 Å². The average molecular weight is 584 g/mol. The monoisotopic (exact) mass is 583 g/mol. The number of nitrogens with zero attached hydrogens (tertiary/aromatic N) is 3. The highest BCUT2D eigenvalue weighted by molar-refractivity contribution is 6.04. The van der Waals surface area contributed by atoms with Crippen LogP contribution >= 0.6 is 0 Å². The zero-order chi connectivity index (χ0) is 29.7. The highest BCUT2D eigenvalue weighted by atomic mass is 19.1. The van der Waals surface area contributed by atoms with E-state index in [4.69, 9.17) is 20.6 Å². The van der Waals surface area contributed by atoms with Crippen LogP contribution in [0.25, 0.3) is 32.8 Å². The van der Waals surface area contributed by atoms with E-state index in [9.17, 15) is 4.79 Å². The SMILES string of the molecule is C#Cc1cccc2cc(OCOC)cc(-c3c(F)cc4c(N5CC6CCC(C6)C5)nc(OCC5(C=O)CC5)nc4c3F)c12. The molecule has 2 aliphatic carbocycles. The zero-order valence-electron chi connectivity index (χ0n) is 23.9. The van der Waals surface area contributed by atoms with Crippen LogP contribution in [0.5, 0.6) is 11.8 Å². The molecule has 0 spiro atoms. The molecule has 0 amide bonds. The first-order chi connectivity index (χ1) is 20.9. The predicted molar refractivity (Wildman–Crippen MR) is 159 cm³/mol. The Bertz CT molecular complexity index is 1790. The lowest BCUT2D eigenvalue weighted by molar-refractivity contribution is -0.113. The van der Waals surface area contributed by atoms with Crippen molar-refractivity contribution in [1.82, 2.24) is 9.97 Å². The molecule has 9 heteroatoms. The fourth-order valence-electron chi connectivity index (χ4n) is 6.69. The van der Waals surface area contributed by atoms with Gasteiger partial charge in [-0.2, -0.15) is 9.97 Å². The minimum atomic E-state index is -0.850. The maximum Gasteiger partial charge on any atom is 0.319 e. The van der Waals surface area contributed by atoms with Gasteiger partial charge in [0.2, 0.25) is 0 Å². The molecular weight excluding hydrogens is 552 g/mol. The van der Waals surface area contributed by atoms with Crippen molar-refractivity contribution < 1.29 is 27.8 Å². The minimum absolute atomic E-state index is 0.0312. The summed E-state index contributed by atoms with van der Waals surface area (Å²) in [6.07, 6.45) is 11.6. The molecule has 220 valence electrons. The Kier molecular flexibility index (Phi) is 6.89. The molecule has 2 atom stereocenters. The molecule has 1 saturated heterocycles. The Morgan fingerprint density at radius 2 is 1.91 bits per heavy atom. The van der Waals surface area contributed by atoms with Gasteiger partial charge in [0.15, 0.2) is 12.6 Å². The first kappa shape index (κ1) is 27.5. The lowest BCUT2D eigenvalue weighted by Gasteiger charge is -2.33. The molecule has 2 heterocycles. The minimum Gasteiger partial charge on any atom is -0.468 e. The number of methoxy groups -OCH3 is 1. The zero-order valence-corrected chi connectivity index (χ0v) is 23.9. The number of benzene rings is 3. The van der Waals surface area contributed by atoms with Crippen molar-refractivity contribution in [1.29, 1.82) is 0 Å². The Morgan fingerprint density at radius 3 is 2.60 bits per heavy atom. The van der Waals surface area contributed by atoms with Gasteiger partial charge in [0, 0.05) is 42.1 Å². The number of ether oxygens (including phenoxy) is 3. The van der Waals surface area contributed by atoms with Gasteiger partial charge < -0.3 is 23.9 Å². The van der Waals surface area contributed by atoms with Crippen LogP contribution < -0.4 is 14.4 Å². The van der Waals surface area contributed by atoms with Crippen molar-refractivity contribution in [3.8, 4) is 35.2 Å². The number of aldehydes is 1. The third-order valence-corrected chi connectivity index (χ3v) is 9.10. The summed E-state index contributed by atoms with van der Waals surface area (Å²) < 4.78 is 49.8. The molecule has 2 saturated carbocycles. The van der Waals surface area contributed by atoms with Crippen molar-refractivity contribution in [3.05, 3.63) is 53.6 Å². The number of carbonyl (C=O) groups excluding carboxylic acids is 1. The fraction of sp³-hybridized carbons (Fsp3) is 0.382. The summed E-state index contributed by atoms with van der Waals surface area (Å²) >= 11 is 0. The molecule has 3 aromatic carbocycles. The highest BCUT2D eigenvalue weighted by Gasteiger charge is 2.44. The Hall–Kier alpha value is -4.29. The number of terminal acetylenes is 1. The normalized spacial score (nSPS) is 20.3. The van der Waals surface area contributed by atoms with E-state index in [2.05, 4.69) is 20.8 Å². The van der Waals surface area contributed by atoms with Gasteiger partial charge in [-0.15, -0.1) is 6.42 Å². The summed E-state index contributed by atoms with van der Waals surface area (Å²) in [6, 6.07) is 9.94. The molecule has 1 aliphatic heterocycles. The average Bonchev–Trinajstić information content (AvgIpc) is 3.73. The van der Waals surface area contributed by atoms with Gasteiger partial charge in [-0.3, -0.25) is 0 Å². The maximum atomic E-state index is 16.8. The number of hydrogen-bond donors (Lipinski definition) is 0. The number of rotatable bonds is 9. The van der Waals surface area contributed by atoms with E-state index in [0.29, 0.717) is 39.7 Å². The smallest absolute Gasteiger partial charge is 0.319 e. The van der Waals surface area contributed by atoms with Crippen LogP contribution in [-0.2, 0) is 9.53 Å². The molecular formula is C34H31F2N3O4. The summed E-state index contributed by atoms with van der Waals surface area (Å²) in [5.74, 6) is 2.87. The van der Waals surface area contributed by atoms with Crippen LogP contribution in [0.1, 0.15) is 37.7 Å². The van der Waals surface area contributed by atoms with E-state index in [1.165, 1.54) is 13.2 Å². The third kappa shape index (κ3) is 4.94. The maximum absolute atomic E-state index is 16.8. The van der Waals surface area contributed by atoms with E-state index >= 15 is 8.78 Å². The van der Waals surface area contributed by atoms with Gasteiger partial charge in [-0.05, 0) is 73.6 Å². The highest BCUT2D eigenvalue weighted by Crippen LogP contribution is 2.45. The molecule has 0 radical (unpaired) electrons. The molecule has 2 bridgehead atoms. The van der Waals surface area contributed by atoms with Crippen LogP contribution in [0.2, 0.25) is 0 Å². The largest absolute Gasteiger partial charge is 0.468 e. The third-order valence-electron chi connectivity index (χ3n) is 9.10. The molecule has 3 aliphatic rings. The number of fused-ring (bicyclic) bond motifs is 4. The van der Waals surface area contributed by atoms with Gasteiger partial charge in [-0.25, -0.2) is 8.78 Å². The lowest BCUT2D eigenvalue weighted by Crippen LogP contribution is -2.37. The number of halogens is 2. The quantitative estimate of drug-likeness (QED) is 0.130. The second-order valence-corrected chi connectivity index (χ2v) is 12.1. The first-order valence-corrected chi connectivity index (χ1v) is 14.6. The number of carbonyl (C=O) groups is 1. The summed E-state index contributed by atoms with van der Waals surface area (Å²) in [5.41, 5.74) is -0.151. The van der Waals surface area contributed by atoms with Crippen molar-refractivity contribution in [2.75, 3.05) is 38.5 Å². The van der Waals surface area contributed by atoms with Crippen LogP contribution in [0.3, 0.4) is 0 Å². The van der Waals surface area contributed by atoms with E-state index in [0.717, 1.165) is 51.5 Å². The van der Waals surface area contributed by atoms with Gasteiger partial charge in [0.1, 0.15) is 35.8 Å². The van der Waals surface area contributed by atoms with Crippen molar-refractivity contribution in [2.45, 2.75) is 32.1 Å². The Morgan fingerprint density at radius 1 is 1.12 bits per heavy atom. The number of anilines is 1. The molecule has 4 aromatic rings. The summed E-state index contributed by atoms with van der Waals surface area (Å²) in [5, 5.41) is 1.46. The van der Waals surface area contributed by atoms with Gasteiger partial charge in [0.05, 0.1) is 11.0 Å². The molecule has 7 rings (SSSR count). The summed E-state index contributed by atoms with van der Waals surface area (Å²) in [7, 11) is 1.49. The molecule has 43 heavy (non-hydrogen) atoms. The number of hydrogen-bond acceptors (Lipinski definition) is 7. The van der Waals surface area contributed by atoms with Crippen LogP contribution in [0.4, 0.5) is 14.6 Å². The Labute approximate surface area is 248 Å². The van der Waals surface area contributed by atoms with E-state index in [1.807, 2.05) is 6.07 Å². The van der Waals surface area contributed by atoms with Crippen LogP contribution in [0.15, 0.2) is 36.4 Å². The molecule has 7 nitrogen and oxygen atoms in total. The van der Waals surface area contributed by atoms with Crippen molar-refractivity contribution in [2.24, 2.45) is 17.3 Å². The number of aromatic nitrogens is 2. The van der Waals surface area contributed by atoms with Gasteiger partial charge in [-0.1, -0.05) is 18.1 Å². The molecule has 3 fully saturated rings. The molecule has 0 N–H and O–H groups in total. The van der Waals surface area contributed by atoms with E-state index in [-0.39, 0.29) is 41.4 Å².